The number of hydrogen-bond donors (Lipinski definition) is 1. The number of rotatable bonds is 5. The molecule has 1 atom stereocenters. The minimum absolute atomic E-state index is 0.610. The van der Waals surface area contributed by atoms with Crippen molar-refractivity contribution in [3.8, 4) is 11.3 Å². The zero-order chi connectivity index (χ0) is 16.4. The summed E-state index contributed by atoms with van der Waals surface area (Å²) in [5.41, 5.74) is 1.04. The maximum Gasteiger partial charge on any atom is 0.134 e. The lowest BCUT2D eigenvalue weighted by molar-refractivity contribution is 0.342. The topological polar surface area (TPSA) is 55.9 Å². The van der Waals surface area contributed by atoms with Crippen LogP contribution in [0, 0.1) is 5.92 Å². The zero-order valence-electron chi connectivity index (χ0n) is 13.3. The normalized spacial score (nSPS) is 17.0. The summed E-state index contributed by atoms with van der Waals surface area (Å²) in [5.74, 6) is 3.53. The highest BCUT2D eigenvalue weighted by molar-refractivity contribution is 6.30. The highest BCUT2D eigenvalue weighted by Crippen LogP contribution is 2.24. The number of nitrogens with zero attached hydrogens (tertiary/aromatic N) is 3. The van der Waals surface area contributed by atoms with Crippen molar-refractivity contribution < 1.29 is 4.42 Å². The van der Waals surface area contributed by atoms with E-state index in [9.17, 15) is 0 Å². The van der Waals surface area contributed by atoms with Crippen LogP contribution in [0.3, 0.4) is 0 Å². The maximum atomic E-state index is 5.92. The zero-order valence-corrected chi connectivity index (χ0v) is 14.0. The molecule has 0 bridgehead atoms. The van der Waals surface area contributed by atoms with Crippen LogP contribution in [-0.2, 0) is 19.5 Å². The Morgan fingerprint density at radius 2 is 2.08 bits per heavy atom. The molecule has 6 heteroatoms. The van der Waals surface area contributed by atoms with E-state index in [1.54, 1.807) is 0 Å². The molecule has 1 aliphatic rings. The fourth-order valence-corrected chi connectivity index (χ4v) is 3.26. The summed E-state index contributed by atoms with van der Waals surface area (Å²) >= 11 is 5.92. The Labute approximate surface area is 145 Å². The molecule has 5 nitrogen and oxygen atoms in total. The minimum atomic E-state index is 0.610. The van der Waals surface area contributed by atoms with E-state index in [0.29, 0.717) is 5.92 Å². The minimum Gasteiger partial charge on any atom is -0.460 e. The van der Waals surface area contributed by atoms with Crippen molar-refractivity contribution in [2.75, 3.05) is 6.54 Å². The number of nitrogens with one attached hydrogen (secondary N) is 1. The molecule has 124 valence electrons. The van der Waals surface area contributed by atoms with Crippen LogP contribution in [0.15, 0.2) is 47.1 Å². The van der Waals surface area contributed by atoms with E-state index in [1.807, 2.05) is 42.7 Å². The first-order valence-electron chi connectivity index (χ1n) is 8.20. The van der Waals surface area contributed by atoms with Gasteiger partial charge in [0.05, 0.1) is 6.54 Å². The van der Waals surface area contributed by atoms with Crippen molar-refractivity contribution in [1.29, 1.82) is 0 Å². The van der Waals surface area contributed by atoms with E-state index >= 15 is 0 Å². The summed E-state index contributed by atoms with van der Waals surface area (Å²) in [6.45, 7) is 2.69. The molecule has 1 N–H and O–H groups in total. The lowest BCUT2D eigenvalue weighted by Crippen LogP contribution is -2.29. The fourth-order valence-electron chi connectivity index (χ4n) is 3.14. The molecule has 2 aromatic heterocycles. The van der Waals surface area contributed by atoms with Crippen molar-refractivity contribution in [3.05, 3.63) is 59.3 Å². The van der Waals surface area contributed by atoms with E-state index in [0.717, 1.165) is 60.4 Å². The summed E-state index contributed by atoms with van der Waals surface area (Å²) in [4.78, 5) is 0. The van der Waals surface area contributed by atoms with Crippen LogP contribution in [0.2, 0.25) is 5.02 Å². The highest BCUT2D eigenvalue weighted by Gasteiger charge is 2.19. The van der Waals surface area contributed by atoms with Gasteiger partial charge in [0, 0.05) is 30.1 Å². The van der Waals surface area contributed by atoms with E-state index in [2.05, 4.69) is 20.1 Å². The number of aromatic nitrogens is 3. The number of furan rings is 1. The number of benzene rings is 1. The fraction of sp³-hybridized carbons (Fsp3) is 0.333. The monoisotopic (exact) mass is 342 g/mol. The Morgan fingerprint density at radius 3 is 2.96 bits per heavy atom. The van der Waals surface area contributed by atoms with Gasteiger partial charge in [-0.25, -0.2) is 0 Å². The van der Waals surface area contributed by atoms with Gasteiger partial charge in [-0.15, -0.1) is 10.2 Å². The quantitative estimate of drug-likeness (QED) is 0.770. The Morgan fingerprint density at radius 1 is 1.21 bits per heavy atom. The number of aryl methyl sites for hydroxylation is 1. The number of halogens is 1. The molecule has 0 saturated heterocycles. The van der Waals surface area contributed by atoms with Gasteiger partial charge in [-0.3, -0.25) is 0 Å². The molecule has 3 aromatic rings. The molecular formula is C18H19ClN4O. The third-order valence-corrected chi connectivity index (χ3v) is 4.70. The lowest BCUT2D eigenvalue weighted by atomic mass is 9.99. The van der Waals surface area contributed by atoms with Crippen molar-refractivity contribution in [2.45, 2.75) is 25.9 Å². The van der Waals surface area contributed by atoms with Crippen LogP contribution in [-0.4, -0.2) is 21.3 Å². The van der Waals surface area contributed by atoms with Gasteiger partial charge < -0.3 is 14.3 Å². The number of hydrogen-bond acceptors (Lipinski definition) is 4. The van der Waals surface area contributed by atoms with Crippen LogP contribution in [0.4, 0.5) is 0 Å². The molecule has 4 rings (SSSR count). The molecule has 24 heavy (non-hydrogen) atoms. The standard InChI is InChI=1S/C18H19ClN4O/c19-15-4-2-14(3-5-15)17-7-6-16(24-17)10-20-9-13-1-8-18-22-21-12-23(18)11-13/h2-7,12-13,20H,1,8-11H2/t13-/m1/s1. The first kappa shape index (κ1) is 15.4. The van der Waals surface area contributed by atoms with Crippen LogP contribution < -0.4 is 5.32 Å². The summed E-state index contributed by atoms with van der Waals surface area (Å²) in [5, 5.41) is 12.3. The first-order valence-corrected chi connectivity index (χ1v) is 8.58. The van der Waals surface area contributed by atoms with Crippen molar-refractivity contribution >= 4 is 11.6 Å². The highest BCUT2D eigenvalue weighted by atomic mass is 35.5. The van der Waals surface area contributed by atoms with Gasteiger partial charge in [-0.1, -0.05) is 11.6 Å². The van der Waals surface area contributed by atoms with E-state index in [1.165, 1.54) is 0 Å². The van der Waals surface area contributed by atoms with Gasteiger partial charge in [-0.05, 0) is 48.7 Å². The van der Waals surface area contributed by atoms with E-state index in [-0.39, 0.29) is 0 Å². The predicted molar refractivity (Wildman–Crippen MR) is 92.7 cm³/mol. The van der Waals surface area contributed by atoms with Gasteiger partial charge in [-0.2, -0.15) is 0 Å². The van der Waals surface area contributed by atoms with Crippen molar-refractivity contribution in [1.82, 2.24) is 20.1 Å². The summed E-state index contributed by atoms with van der Waals surface area (Å²) in [7, 11) is 0. The molecule has 0 amide bonds. The summed E-state index contributed by atoms with van der Waals surface area (Å²) < 4.78 is 8.07. The molecule has 0 spiro atoms. The molecule has 0 unspecified atom stereocenters. The second-order valence-electron chi connectivity index (χ2n) is 6.21. The van der Waals surface area contributed by atoms with Gasteiger partial charge in [0.15, 0.2) is 0 Å². The maximum absolute atomic E-state index is 5.92. The van der Waals surface area contributed by atoms with Crippen LogP contribution in [0.5, 0.6) is 0 Å². The largest absolute Gasteiger partial charge is 0.460 e. The van der Waals surface area contributed by atoms with Gasteiger partial charge in [0.25, 0.3) is 0 Å². The lowest BCUT2D eigenvalue weighted by Gasteiger charge is -2.23. The van der Waals surface area contributed by atoms with Crippen LogP contribution >= 0.6 is 11.6 Å². The summed E-state index contributed by atoms with van der Waals surface area (Å²) in [6.07, 6.45) is 3.99. The Kier molecular flexibility index (Phi) is 4.36. The van der Waals surface area contributed by atoms with Gasteiger partial charge in [0.1, 0.15) is 23.7 Å². The van der Waals surface area contributed by atoms with Crippen LogP contribution in [0.25, 0.3) is 11.3 Å². The summed E-state index contributed by atoms with van der Waals surface area (Å²) in [6, 6.07) is 11.7. The third kappa shape index (κ3) is 3.37. The molecule has 3 heterocycles. The molecule has 0 aliphatic carbocycles. The van der Waals surface area contributed by atoms with E-state index < -0.39 is 0 Å². The molecule has 0 fully saturated rings. The SMILES string of the molecule is Clc1ccc(-c2ccc(CNC[C@H]3CCc4nncn4C3)o2)cc1. The predicted octanol–water partition coefficient (Wildman–Crippen LogP) is 3.54. The molecule has 0 radical (unpaired) electrons. The van der Waals surface area contributed by atoms with Gasteiger partial charge >= 0.3 is 0 Å². The molecular weight excluding hydrogens is 324 g/mol. The van der Waals surface area contributed by atoms with Crippen LogP contribution in [0.1, 0.15) is 18.0 Å². The number of fused-ring (bicyclic) bond motifs is 1. The molecule has 1 aliphatic heterocycles. The Bertz CT molecular complexity index is 809. The third-order valence-electron chi connectivity index (χ3n) is 4.45. The molecule has 1 aromatic carbocycles. The van der Waals surface area contributed by atoms with Crippen molar-refractivity contribution in [2.24, 2.45) is 5.92 Å². The van der Waals surface area contributed by atoms with Crippen molar-refractivity contribution in [3.63, 3.8) is 0 Å². The average Bonchev–Trinajstić information content (AvgIpc) is 3.24. The second kappa shape index (κ2) is 6.79. The van der Waals surface area contributed by atoms with E-state index in [4.69, 9.17) is 16.0 Å². The van der Waals surface area contributed by atoms with Gasteiger partial charge in [0.2, 0.25) is 0 Å². The Hall–Kier alpha value is -2.11. The first-order chi connectivity index (χ1) is 11.8. The Balaban J connectivity index is 1.30. The second-order valence-corrected chi connectivity index (χ2v) is 6.64. The average molecular weight is 343 g/mol. The smallest absolute Gasteiger partial charge is 0.134 e. The molecule has 0 saturated carbocycles.